The second-order valence-corrected chi connectivity index (χ2v) is 8.69. The minimum Gasteiger partial charge on any atom is -0.481 e. The maximum Gasteiger partial charge on any atom is 0.332 e. The van der Waals surface area contributed by atoms with E-state index in [4.69, 9.17) is 5.11 Å². The summed E-state index contributed by atoms with van der Waals surface area (Å²) >= 11 is 0. The Morgan fingerprint density at radius 2 is 1.96 bits per heavy atom. The number of ketones is 1. The quantitative estimate of drug-likeness (QED) is 0.757. The molecule has 5 heteroatoms. The molecule has 0 radical (unpaired) electrons. The number of allylic oxidation sites excluding steroid dienone is 1. The van der Waals surface area contributed by atoms with Crippen LogP contribution in [-0.4, -0.2) is 27.9 Å². The van der Waals surface area contributed by atoms with E-state index in [2.05, 4.69) is 13.8 Å². The fourth-order valence-electron chi connectivity index (χ4n) is 5.14. The molecule has 0 aromatic rings. The number of rotatable bonds is 6. The third kappa shape index (κ3) is 3.65. The maximum absolute atomic E-state index is 12.2. The van der Waals surface area contributed by atoms with Crippen LogP contribution in [0.4, 0.5) is 0 Å². The zero-order valence-corrected chi connectivity index (χ0v) is 15.7. The van der Waals surface area contributed by atoms with E-state index in [0.29, 0.717) is 12.3 Å². The van der Waals surface area contributed by atoms with Crippen LogP contribution in [0.3, 0.4) is 0 Å². The van der Waals surface area contributed by atoms with E-state index >= 15 is 0 Å². The summed E-state index contributed by atoms with van der Waals surface area (Å²) in [7, 11) is 0. The molecule has 0 aromatic heterocycles. The zero-order valence-electron chi connectivity index (χ0n) is 15.7. The van der Waals surface area contributed by atoms with Gasteiger partial charge in [0.2, 0.25) is 0 Å². The Bertz CT molecular complexity index is 607. The van der Waals surface area contributed by atoms with Crippen molar-refractivity contribution in [3.63, 3.8) is 0 Å². The van der Waals surface area contributed by atoms with E-state index in [-0.39, 0.29) is 35.0 Å². The number of carbonyl (C=O) groups excluding carboxylic acids is 1. The summed E-state index contributed by atoms with van der Waals surface area (Å²) in [5.74, 6) is -1.44. The summed E-state index contributed by atoms with van der Waals surface area (Å²) < 4.78 is 0. The van der Waals surface area contributed by atoms with E-state index in [1.54, 1.807) is 0 Å². The summed E-state index contributed by atoms with van der Waals surface area (Å²) in [6.07, 6.45) is 5.18. The Morgan fingerprint density at radius 1 is 1.32 bits per heavy atom. The molecule has 2 aliphatic carbocycles. The van der Waals surface area contributed by atoms with Crippen molar-refractivity contribution in [2.45, 2.75) is 66.2 Å². The van der Waals surface area contributed by atoms with Crippen LogP contribution < -0.4 is 0 Å². The van der Waals surface area contributed by atoms with Crippen LogP contribution in [0.2, 0.25) is 0 Å². The molecule has 1 saturated carbocycles. The number of carbonyl (C=O) groups is 3. The fourth-order valence-corrected chi connectivity index (χ4v) is 5.14. The van der Waals surface area contributed by atoms with Crippen molar-refractivity contribution in [2.75, 3.05) is 0 Å². The summed E-state index contributed by atoms with van der Waals surface area (Å²) in [5.41, 5.74) is -0.396. The molecule has 0 unspecified atom stereocenters. The van der Waals surface area contributed by atoms with Crippen molar-refractivity contribution in [2.24, 2.45) is 28.6 Å². The molecule has 0 bridgehead atoms. The molecule has 0 aromatic carbocycles. The van der Waals surface area contributed by atoms with Gasteiger partial charge in [-0.05, 0) is 54.9 Å². The molecular formula is C20H30O5. The number of hydrogen-bond donors (Lipinski definition) is 2. The van der Waals surface area contributed by atoms with Gasteiger partial charge < -0.3 is 10.2 Å². The maximum atomic E-state index is 12.2. The van der Waals surface area contributed by atoms with Crippen molar-refractivity contribution in [1.29, 1.82) is 0 Å². The third-order valence-corrected chi connectivity index (χ3v) is 7.04. The first kappa shape index (κ1) is 19.7. The Kier molecular flexibility index (Phi) is 5.45. The number of hydrogen-bond acceptors (Lipinski definition) is 3. The number of aliphatic carboxylic acids is 2. The van der Waals surface area contributed by atoms with Crippen molar-refractivity contribution < 1.29 is 24.6 Å². The molecule has 2 aliphatic rings. The van der Waals surface area contributed by atoms with E-state index in [9.17, 15) is 19.5 Å². The standard InChI is InChI=1S/C20H30O5/c1-12(9-17(22)23)5-7-19(3)13(2)6-8-20(4)15(18(24)25)10-14(21)11-16(19)20/h10,12-13,16H,5-9,11H2,1-4H3,(H,22,23)(H,24,25)/t12-,13-,16-,19-,20+/m1/s1. The van der Waals surface area contributed by atoms with Crippen LogP contribution in [0.1, 0.15) is 66.2 Å². The van der Waals surface area contributed by atoms with Gasteiger partial charge in [0.05, 0.1) is 0 Å². The Balaban J connectivity index is 2.31. The predicted molar refractivity (Wildman–Crippen MR) is 94.1 cm³/mol. The molecular weight excluding hydrogens is 320 g/mol. The van der Waals surface area contributed by atoms with Crippen LogP contribution in [0.15, 0.2) is 11.6 Å². The average Bonchev–Trinajstić information content (AvgIpc) is 2.50. The summed E-state index contributed by atoms with van der Waals surface area (Å²) in [6.45, 7) is 8.30. The molecule has 140 valence electrons. The van der Waals surface area contributed by atoms with E-state index in [1.807, 2.05) is 13.8 Å². The molecule has 2 N–H and O–H groups in total. The third-order valence-electron chi connectivity index (χ3n) is 7.04. The van der Waals surface area contributed by atoms with Gasteiger partial charge >= 0.3 is 11.9 Å². The lowest BCUT2D eigenvalue weighted by Gasteiger charge is -2.57. The van der Waals surface area contributed by atoms with E-state index in [0.717, 1.165) is 25.7 Å². The number of fused-ring (bicyclic) bond motifs is 1. The highest BCUT2D eigenvalue weighted by Crippen LogP contribution is 2.61. The van der Waals surface area contributed by atoms with Crippen LogP contribution in [0.25, 0.3) is 0 Å². The molecule has 0 amide bonds. The molecule has 25 heavy (non-hydrogen) atoms. The van der Waals surface area contributed by atoms with Crippen LogP contribution in [-0.2, 0) is 14.4 Å². The molecule has 2 rings (SSSR count). The largest absolute Gasteiger partial charge is 0.481 e. The Morgan fingerprint density at radius 3 is 2.52 bits per heavy atom. The van der Waals surface area contributed by atoms with Crippen molar-refractivity contribution in [3.05, 3.63) is 11.6 Å². The molecule has 5 nitrogen and oxygen atoms in total. The van der Waals surface area contributed by atoms with Crippen LogP contribution >= 0.6 is 0 Å². The normalized spacial score (nSPS) is 36.3. The summed E-state index contributed by atoms with van der Waals surface area (Å²) in [4.78, 5) is 34.9. The molecule has 1 fully saturated rings. The zero-order chi connectivity index (χ0) is 19.0. The van der Waals surface area contributed by atoms with Gasteiger partial charge in [-0.1, -0.05) is 27.7 Å². The predicted octanol–water partition coefficient (Wildman–Crippen LogP) is 3.92. The van der Waals surface area contributed by atoms with Gasteiger partial charge in [0, 0.05) is 23.8 Å². The first-order chi connectivity index (χ1) is 11.5. The van der Waals surface area contributed by atoms with Gasteiger partial charge in [-0.3, -0.25) is 9.59 Å². The average molecular weight is 350 g/mol. The Hall–Kier alpha value is -1.65. The molecule has 5 atom stereocenters. The minimum atomic E-state index is -0.989. The SMILES string of the molecule is C[C@H](CC[C@]1(C)[C@H](C)CC[C@@]2(C)C(C(=O)O)=CC(=O)C[C@H]12)CC(=O)O. The van der Waals surface area contributed by atoms with Crippen LogP contribution in [0.5, 0.6) is 0 Å². The smallest absolute Gasteiger partial charge is 0.332 e. The monoisotopic (exact) mass is 350 g/mol. The fraction of sp³-hybridized carbons (Fsp3) is 0.750. The van der Waals surface area contributed by atoms with Gasteiger partial charge in [0.25, 0.3) is 0 Å². The lowest BCUT2D eigenvalue weighted by atomic mass is 9.46. The second-order valence-electron chi connectivity index (χ2n) is 8.69. The lowest BCUT2D eigenvalue weighted by Crippen LogP contribution is -2.52. The number of carboxylic acids is 2. The van der Waals surface area contributed by atoms with Gasteiger partial charge in [0.1, 0.15) is 0 Å². The van der Waals surface area contributed by atoms with Gasteiger partial charge in [-0.25, -0.2) is 4.79 Å². The first-order valence-electron chi connectivity index (χ1n) is 9.20. The van der Waals surface area contributed by atoms with Crippen LogP contribution in [0, 0.1) is 28.6 Å². The van der Waals surface area contributed by atoms with E-state index < -0.39 is 17.4 Å². The van der Waals surface area contributed by atoms with Gasteiger partial charge in [0.15, 0.2) is 5.78 Å². The van der Waals surface area contributed by atoms with Gasteiger partial charge in [-0.15, -0.1) is 0 Å². The molecule has 0 spiro atoms. The highest BCUT2D eigenvalue weighted by molar-refractivity contribution is 6.01. The molecule has 0 aliphatic heterocycles. The topological polar surface area (TPSA) is 91.7 Å². The van der Waals surface area contributed by atoms with E-state index in [1.165, 1.54) is 6.08 Å². The molecule has 0 heterocycles. The van der Waals surface area contributed by atoms with Gasteiger partial charge in [-0.2, -0.15) is 0 Å². The van der Waals surface area contributed by atoms with Crippen molar-refractivity contribution >= 4 is 17.7 Å². The number of carboxylic acid groups (broad SMARTS) is 2. The summed E-state index contributed by atoms with van der Waals surface area (Å²) in [6, 6.07) is 0. The minimum absolute atomic E-state index is 0.00984. The highest BCUT2D eigenvalue weighted by Gasteiger charge is 2.56. The van der Waals surface area contributed by atoms with Crippen molar-refractivity contribution in [1.82, 2.24) is 0 Å². The highest BCUT2D eigenvalue weighted by atomic mass is 16.4. The first-order valence-corrected chi connectivity index (χ1v) is 9.20. The summed E-state index contributed by atoms with van der Waals surface area (Å²) in [5, 5.41) is 18.6. The Labute approximate surface area is 149 Å². The second kappa shape index (κ2) is 6.93. The molecule has 0 saturated heterocycles. The van der Waals surface area contributed by atoms with Crippen molar-refractivity contribution in [3.8, 4) is 0 Å². The lowest BCUT2D eigenvalue weighted by molar-refractivity contribution is -0.141.